The van der Waals surface area contributed by atoms with Crippen molar-refractivity contribution in [2.45, 2.75) is 39.8 Å². The molecular weight excluding hydrogens is 424 g/mol. The van der Waals surface area contributed by atoms with Gasteiger partial charge in [-0.15, -0.1) is 0 Å². The third-order valence-corrected chi connectivity index (χ3v) is 6.81. The average Bonchev–Trinajstić information content (AvgIpc) is 3.31. The first-order valence-electron chi connectivity index (χ1n) is 11.3. The second-order valence-electron chi connectivity index (χ2n) is 8.83. The van der Waals surface area contributed by atoms with Gasteiger partial charge in [0.1, 0.15) is 0 Å². The predicted octanol–water partition coefficient (Wildman–Crippen LogP) is 6.28. The van der Waals surface area contributed by atoms with Gasteiger partial charge in [-0.25, -0.2) is 0 Å². The smallest absolute Gasteiger partial charge is 0.174 e. The van der Waals surface area contributed by atoms with Gasteiger partial charge >= 0.3 is 0 Å². The van der Waals surface area contributed by atoms with Crippen LogP contribution in [0.3, 0.4) is 0 Å². The lowest BCUT2D eigenvalue weighted by Crippen LogP contribution is -2.29. The van der Waals surface area contributed by atoms with Crippen LogP contribution in [-0.2, 0) is 0 Å². The van der Waals surface area contributed by atoms with E-state index < -0.39 is 0 Å². The molecule has 0 saturated carbocycles. The summed E-state index contributed by atoms with van der Waals surface area (Å²) in [6.45, 7) is 8.59. The number of aromatic nitrogens is 2. The zero-order valence-corrected chi connectivity index (χ0v) is 20.2. The Hall–Kier alpha value is -3.44. The molecule has 1 aliphatic rings. The summed E-state index contributed by atoms with van der Waals surface area (Å²) in [5.74, 6) is 0. The monoisotopic (exact) mass is 452 g/mol. The van der Waals surface area contributed by atoms with Crippen LogP contribution in [0, 0.1) is 27.7 Å². The van der Waals surface area contributed by atoms with E-state index in [-0.39, 0.29) is 12.1 Å². The van der Waals surface area contributed by atoms with Gasteiger partial charge in [0.15, 0.2) is 5.11 Å². The lowest BCUT2D eigenvalue weighted by molar-refractivity contribution is 0.565. The largest absolute Gasteiger partial charge is 0.351 e. The van der Waals surface area contributed by atoms with E-state index in [4.69, 9.17) is 12.2 Å². The molecular formula is C28H28N4S. The molecule has 1 fully saturated rings. The first-order chi connectivity index (χ1) is 15.9. The van der Waals surface area contributed by atoms with E-state index in [2.05, 4.69) is 108 Å². The number of benzene rings is 2. The molecule has 2 atom stereocenters. The van der Waals surface area contributed by atoms with Crippen LogP contribution < -0.4 is 10.2 Å². The number of aryl methyl sites for hydroxylation is 3. The molecule has 0 spiro atoms. The molecule has 33 heavy (non-hydrogen) atoms. The quantitative estimate of drug-likeness (QED) is 0.369. The number of hydrogen-bond donors (Lipinski definition) is 1. The van der Waals surface area contributed by atoms with Crippen LogP contribution in [0.25, 0.3) is 5.69 Å². The van der Waals surface area contributed by atoms with Crippen LogP contribution in [0.1, 0.15) is 45.9 Å². The van der Waals surface area contributed by atoms with Crippen LogP contribution in [0.5, 0.6) is 0 Å². The third-order valence-electron chi connectivity index (χ3n) is 6.49. The maximum Gasteiger partial charge on any atom is 0.174 e. The standard InChI is InChI=1S/C28H28N4S/c1-18-8-12-22(13-9-18)31-20(3)17-24(21(31)4)27-26(25-7-5-6-16-29-25)30-28(33)32(27)23-14-10-19(2)11-15-23/h5-17,26-27H,1-4H3,(H,30,33). The van der Waals surface area contributed by atoms with E-state index in [0.29, 0.717) is 0 Å². The Labute approximate surface area is 200 Å². The second kappa shape index (κ2) is 8.49. The van der Waals surface area contributed by atoms with Crippen molar-refractivity contribution in [3.8, 4) is 5.69 Å². The van der Waals surface area contributed by atoms with Crippen LogP contribution in [0.2, 0.25) is 0 Å². The van der Waals surface area contributed by atoms with Crippen LogP contribution in [0.15, 0.2) is 79.0 Å². The molecule has 2 unspecified atom stereocenters. The molecule has 166 valence electrons. The van der Waals surface area contributed by atoms with Gasteiger partial charge in [0.05, 0.1) is 17.8 Å². The molecule has 5 heteroatoms. The summed E-state index contributed by atoms with van der Waals surface area (Å²) in [7, 11) is 0. The van der Waals surface area contributed by atoms with Gasteiger partial charge < -0.3 is 14.8 Å². The van der Waals surface area contributed by atoms with Crippen LogP contribution in [0.4, 0.5) is 5.69 Å². The zero-order chi connectivity index (χ0) is 23.1. The van der Waals surface area contributed by atoms with Crippen molar-refractivity contribution in [1.82, 2.24) is 14.9 Å². The van der Waals surface area contributed by atoms with Crippen molar-refractivity contribution in [3.63, 3.8) is 0 Å². The van der Waals surface area contributed by atoms with Crippen LogP contribution >= 0.6 is 12.2 Å². The molecule has 2 aromatic heterocycles. The van der Waals surface area contributed by atoms with E-state index in [9.17, 15) is 0 Å². The number of thiocarbonyl (C=S) groups is 1. The number of nitrogens with zero attached hydrogens (tertiary/aromatic N) is 3. The van der Waals surface area contributed by atoms with E-state index >= 15 is 0 Å². The van der Waals surface area contributed by atoms with Gasteiger partial charge in [-0.3, -0.25) is 4.98 Å². The minimum atomic E-state index is -0.0491. The highest BCUT2D eigenvalue weighted by Gasteiger charge is 2.42. The maximum atomic E-state index is 5.88. The minimum Gasteiger partial charge on any atom is -0.351 e. The minimum absolute atomic E-state index is 0.0134. The average molecular weight is 453 g/mol. The van der Waals surface area contributed by atoms with Gasteiger partial charge in [-0.05, 0) is 87.9 Å². The van der Waals surface area contributed by atoms with Crippen LogP contribution in [-0.4, -0.2) is 14.7 Å². The zero-order valence-electron chi connectivity index (χ0n) is 19.4. The lowest BCUT2D eigenvalue weighted by Gasteiger charge is -2.28. The van der Waals surface area contributed by atoms with Gasteiger partial charge in [0.25, 0.3) is 0 Å². The van der Waals surface area contributed by atoms with Crippen molar-refractivity contribution in [2.24, 2.45) is 0 Å². The molecule has 5 rings (SSSR count). The summed E-state index contributed by atoms with van der Waals surface area (Å²) in [4.78, 5) is 6.93. The number of hydrogen-bond acceptors (Lipinski definition) is 2. The molecule has 1 saturated heterocycles. The Morgan fingerprint density at radius 3 is 2.06 bits per heavy atom. The fourth-order valence-electron chi connectivity index (χ4n) is 4.83. The van der Waals surface area contributed by atoms with Crippen molar-refractivity contribution >= 4 is 23.0 Å². The van der Waals surface area contributed by atoms with Gasteiger partial charge in [-0.1, -0.05) is 41.5 Å². The van der Waals surface area contributed by atoms with E-state index in [1.165, 1.54) is 33.8 Å². The Kier molecular flexibility index (Phi) is 5.51. The number of anilines is 1. The molecule has 0 amide bonds. The molecule has 4 nitrogen and oxygen atoms in total. The normalized spacial score (nSPS) is 17.9. The van der Waals surface area contributed by atoms with Crippen molar-refractivity contribution in [2.75, 3.05) is 4.90 Å². The summed E-state index contributed by atoms with van der Waals surface area (Å²) in [6, 6.07) is 25.6. The molecule has 0 aliphatic carbocycles. The van der Waals surface area contributed by atoms with Crippen molar-refractivity contribution < 1.29 is 0 Å². The van der Waals surface area contributed by atoms with Gasteiger partial charge in [-0.2, -0.15) is 0 Å². The number of nitrogens with one attached hydrogen (secondary N) is 1. The highest BCUT2D eigenvalue weighted by atomic mass is 32.1. The SMILES string of the molecule is Cc1ccc(N2C(=S)NC(c3ccccn3)C2c2cc(C)n(-c3ccc(C)cc3)c2C)cc1. The fraction of sp³-hybridized carbons (Fsp3) is 0.214. The summed E-state index contributed by atoms with van der Waals surface area (Å²) < 4.78 is 2.33. The summed E-state index contributed by atoms with van der Waals surface area (Å²) >= 11 is 5.88. The Morgan fingerprint density at radius 2 is 1.45 bits per heavy atom. The molecule has 1 aliphatic heterocycles. The van der Waals surface area contributed by atoms with E-state index in [0.717, 1.165) is 16.5 Å². The molecule has 0 radical (unpaired) electrons. The van der Waals surface area contributed by atoms with Gasteiger partial charge in [0.2, 0.25) is 0 Å². The lowest BCUT2D eigenvalue weighted by atomic mass is 9.96. The Bertz CT molecular complexity index is 1290. The fourth-order valence-corrected chi connectivity index (χ4v) is 5.18. The third kappa shape index (κ3) is 3.83. The summed E-state index contributed by atoms with van der Waals surface area (Å²) in [6.07, 6.45) is 1.85. The summed E-state index contributed by atoms with van der Waals surface area (Å²) in [5.41, 5.74) is 9.39. The van der Waals surface area contributed by atoms with Gasteiger partial charge in [0, 0.05) is 29.0 Å². The molecule has 2 aromatic carbocycles. The Balaban J connectivity index is 1.67. The second-order valence-corrected chi connectivity index (χ2v) is 9.22. The predicted molar refractivity (Wildman–Crippen MR) is 139 cm³/mol. The van der Waals surface area contributed by atoms with E-state index in [1.807, 2.05) is 18.3 Å². The first kappa shape index (κ1) is 21.4. The maximum absolute atomic E-state index is 5.88. The number of pyridine rings is 1. The molecule has 0 bridgehead atoms. The molecule has 1 N–H and O–H groups in total. The van der Waals surface area contributed by atoms with Crippen molar-refractivity contribution in [3.05, 3.63) is 113 Å². The Morgan fingerprint density at radius 1 is 0.818 bits per heavy atom. The topological polar surface area (TPSA) is 33.1 Å². The summed E-state index contributed by atoms with van der Waals surface area (Å²) in [5, 5.41) is 4.29. The van der Waals surface area contributed by atoms with E-state index in [1.54, 1.807) is 0 Å². The van der Waals surface area contributed by atoms with Crippen molar-refractivity contribution in [1.29, 1.82) is 0 Å². The molecule has 4 aromatic rings. The highest BCUT2D eigenvalue weighted by Crippen LogP contribution is 2.43. The first-order valence-corrected chi connectivity index (χ1v) is 11.7. The number of rotatable bonds is 4. The highest BCUT2D eigenvalue weighted by molar-refractivity contribution is 7.80. The molecule has 3 heterocycles.